The fourth-order valence-corrected chi connectivity index (χ4v) is 3.69. The average molecular weight is 363 g/mol. The second-order valence-electron chi connectivity index (χ2n) is 5.70. The third-order valence-corrected chi connectivity index (χ3v) is 4.88. The highest BCUT2D eigenvalue weighted by Crippen LogP contribution is 2.35. The lowest BCUT2D eigenvalue weighted by molar-refractivity contribution is 0.171. The number of halogens is 1. The number of thiazole rings is 1. The number of aromatic nitrogens is 2. The number of hydrogen-bond donors (Lipinski definition) is 0. The van der Waals surface area contributed by atoms with Crippen molar-refractivity contribution < 1.29 is 9.47 Å². The third kappa shape index (κ3) is 2.78. The summed E-state index contributed by atoms with van der Waals surface area (Å²) in [6, 6.07) is 8.30. The van der Waals surface area contributed by atoms with E-state index in [9.17, 15) is 0 Å². The molecule has 126 valence electrons. The Morgan fingerprint density at radius 3 is 2.50 bits per heavy atom. The summed E-state index contributed by atoms with van der Waals surface area (Å²) in [4.78, 5) is 4.62. The van der Waals surface area contributed by atoms with Crippen LogP contribution in [0.4, 0.5) is 0 Å². The molecule has 0 amide bonds. The summed E-state index contributed by atoms with van der Waals surface area (Å²) in [5.41, 5.74) is 5.68. The van der Waals surface area contributed by atoms with E-state index >= 15 is 0 Å². The number of hydrogen-bond acceptors (Lipinski definition) is 4. The normalized spacial score (nSPS) is 12.8. The Balaban J connectivity index is 0.00000169. The highest BCUT2D eigenvalue weighted by molar-refractivity contribution is 7.09. The molecule has 1 aromatic carbocycles. The number of nitrogens with zero attached hydrogens (tertiary/aromatic N) is 2. The molecular formula is C18H19ClN2O2S. The SMILES string of the molecule is Cc1nc(-c2cc(C)n(-c3ccc4c(c3)OCCO4)c2C)cs1.Cl. The molecule has 2 aromatic heterocycles. The molecule has 4 nitrogen and oxygen atoms in total. The van der Waals surface area contributed by atoms with E-state index in [4.69, 9.17) is 9.47 Å². The van der Waals surface area contributed by atoms with Gasteiger partial charge < -0.3 is 14.0 Å². The molecule has 24 heavy (non-hydrogen) atoms. The van der Waals surface area contributed by atoms with Gasteiger partial charge in [-0.25, -0.2) is 4.98 Å². The maximum atomic E-state index is 5.71. The molecule has 0 saturated carbocycles. The Labute approximate surface area is 151 Å². The van der Waals surface area contributed by atoms with Gasteiger partial charge in [-0.2, -0.15) is 0 Å². The molecule has 3 heterocycles. The summed E-state index contributed by atoms with van der Waals surface area (Å²) in [7, 11) is 0. The zero-order chi connectivity index (χ0) is 16.0. The Bertz CT molecular complexity index is 885. The van der Waals surface area contributed by atoms with Gasteiger partial charge in [-0.1, -0.05) is 0 Å². The zero-order valence-corrected chi connectivity index (χ0v) is 15.5. The average Bonchev–Trinajstić information content (AvgIpc) is 3.10. The van der Waals surface area contributed by atoms with E-state index in [1.807, 2.05) is 19.1 Å². The smallest absolute Gasteiger partial charge is 0.163 e. The monoisotopic (exact) mass is 362 g/mol. The first-order valence-corrected chi connectivity index (χ1v) is 8.53. The highest BCUT2D eigenvalue weighted by atomic mass is 35.5. The summed E-state index contributed by atoms with van der Waals surface area (Å²) in [5, 5.41) is 3.20. The molecule has 0 fully saturated rings. The summed E-state index contributed by atoms with van der Waals surface area (Å²) < 4.78 is 13.6. The van der Waals surface area contributed by atoms with Crippen LogP contribution in [-0.2, 0) is 0 Å². The van der Waals surface area contributed by atoms with Crippen LogP contribution >= 0.6 is 23.7 Å². The second-order valence-corrected chi connectivity index (χ2v) is 6.76. The van der Waals surface area contributed by atoms with Gasteiger partial charge in [0.05, 0.1) is 10.7 Å². The van der Waals surface area contributed by atoms with Gasteiger partial charge in [-0.05, 0) is 39.0 Å². The lowest BCUT2D eigenvalue weighted by atomic mass is 10.2. The Hall–Kier alpha value is -1.98. The highest BCUT2D eigenvalue weighted by Gasteiger charge is 2.17. The minimum atomic E-state index is 0. The fraction of sp³-hybridized carbons (Fsp3) is 0.278. The van der Waals surface area contributed by atoms with Crippen LogP contribution in [0.15, 0.2) is 29.6 Å². The minimum Gasteiger partial charge on any atom is -0.486 e. The first-order chi connectivity index (χ1) is 11.1. The van der Waals surface area contributed by atoms with Crippen LogP contribution in [0.25, 0.3) is 16.9 Å². The molecule has 1 aliphatic heterocycles. The molecular weight excluding hydrogens is 344 g/mol. The van der Waals surface area contributed by atoms with E-state index in [1.54, 1.807) is 11.3 Å². The first kappa shape index (κ1) is 16.9. The van der Waals surface area contributed by atoms with Gasteiger partial charge in [0.1, 0.15) is 13.2 Å². The van der Waals surface area contributed by atoms with E-state index in [1.165, 1.54) is 17.0 Å². The lowest BCUT2D eigenvalue weighted by Gasteiger charge is -2.20. The fourth-order valence-electron chi connectivity index (χ4n) is 3.08. The molecule has 6 heteroatoms. The summed E-state index contributed by atoms with van der Waals surface area (Å²) >= 11 is 1.68. The van der Waals surface area contributed by atoms with Crippen molar-refractivity contribution in [3.05, 3.63) is 46.0 Å². The lowest BCUT2D eigenvalue weighted by Crippen LogP contribution is -2.15. The van der Waals surface area contributed by atoms with Crippen LogP contribution < -0.4 is 9.47 Å². The van der Waals surface area contributed by atoms with Crippen molar-refractivity contribution in [3.8, 4) is 28.4 Å². The molecule has 3 aromatic rings. The van der Waals surface area contributed by atoms with Crippen molar-refractivity contribution in [2.45, 2.75) is 20.8 Å². The molecule has 0 bridgehead atoms. The van der Waals surface area contributed by atoms with Crippen molar-refractivity contribution in [3.63, 3.8) is 0 Å². The molecule has 4 rings (SSSR count). The van der Waals surface area contributed by atoms with Crippen LogP contribution in [-0.4, -0.2) is 22.8 Å². The molecule has 0 spiro atoms. The van der Waals surface area contributed by atoms with E-state index in [-0.39, 0.29) is 12.4 Å². The van der Waals surface area contributed by atoms with Crippen molar-refractivity contribution >= 4 is 23.7 Å². The van der Waals surface area contributed by atoms with Crippen molar-refractivity contribution in [1.82, 2.24) is 9.55 Å². The quantitative estimate of drug-likeness (QED) is 0.661. The van der Waals surface area contributed by atoms with E-state index < -0.39 is 0 Å². The summed E-state index contributed by atoms with van der Waals surface area (Å²) in [5.74, 6) is 1.63. The maximum Gasteiger partial charge on any atom is 0.163 e. The molecule has 0 aliphatic carbocycles. The predicted octanol–water partition coefficient (Wildman–Crippen LogP) is 4.72. The van der Waals surface area contributed by atoms with Gasteiger partial charge in [0, 0.05) is 34.1 Å². The number of fused-ring (bicyclic) bond motifs is 1. The Morgan fingerprint density at radius 2 is 1.79 bits per heavy atom. The zero-order valence-electron chi connectivity index (χ0n) is 13.8. The van der Waals surface area contributed by atoms with Gasteiger partial charge in [0.15, 0.2) is 11.5 Å². The van der Waals surface area contributed by atoms with E-state index in [2.05, 4.69) is 40.9 Å². The molecule has 1 aliphatic rings. The topological polar surface area (TPSA) is 36.3 Å². The Morgan fingerprint density at radius 1 is 1.04 bits per heavy atom. The van der Waals surface area contributed by atoms with Gasteiger partial charge in [-0.15, -0.1) is 23.7 Å². The molecule has 0 saturated heterocycles. The van der Waals surface area contributed by atoms with Crippen molar-refractivity contribution in [2.75, 3.05) is 13.2 Å². The van der Waals surface area contributed by atoms with E-state index in [0.717, 1.165) is 27.9 Å². The largest absolute Gasteiger partial charge is 0.486 e. The predicted molar refractivity (Wildman–Crippen MR) is 99.3 cm³/mol. The van der Waals surface area contributed by atoms with Gasteiger partial charge in [-0.3, -0.25) is 0 Å². The number of benzene rings is 1. The first-order valence-electron chi connectivity index (χ1n) is 7.65. The maximum absolute atomic E-state index is 5.71. The van der Waals surface area contributed by atoms with Gasteiger partial charge >= 0.3 is 0 Å². The number of ether oxygens (including phenoxy) is 2. The van der Waals surface area contributed by atoms with Crippen LogP contribution in [0, 0.1) is 20.8 Å². The van der Waals surface area contributed by atoms with Crippen LogP contribution in [0.1, 0.15) is 16.4 Å². The molecule has 0 radical (unpaired) electrons. The molecule has 0 N–H and O–H groups in total. The summed E-state index contributed by atoms with van der Waals surface area (Å²) in [6.45, 7) is 7.50. The van der Waals surface area contributed by atoms with Crippen LogP contribution in [0.3, 0.4) is 0 Å². The number of rotatable bonds is 2. The van der Waals surface area contributed by atoms with Crippen molar-refractivity contribution in [2.24, 2.45) is 0 Å². The Kier molecular flexibility index (Phi) is 4.56. The van der Waals surface area contributed by atoms with Crippen LogP contribution in [0.2, 0.25) is 0 Å². The second kappa shape index (κ2) is 6.49. The van der Waals surface area contributed by atoms with Crippen molar-refractivity contribution in [1.29, 1.82) is 0 Å². The van der Waals surface area contributed by atoms with E-state index in [0.29, 0.717) is 13.2 Å². The third-order valence-electron chi connectivity index (χ3n) is 4.11. The standard InChI is InChI=1S/C18H18N2O2S.ClH/c1-11-8-15(16-10-23-13(3)19-16)12(2)20(11)14-4-5-17-18(9-14)22-7-6-21-17;/h4-5,8-10H,6-7H2,1-3H3;1H. The van der Waals surface area contributed by atoms with Crippen LogP contribution in [0.5, 0.6) is 11.5 Å². The van der Waals surface area contributed by atoms with Gasteiger partial charge in [0.25, 0.3) is 0 Å². The van der Waals surface area contributed by atoms with Gasteiger partial charge in [0.2, 0.25) is 0 Å². The molecule has 0 atom stereocenters. The number of aryl methyl sites for hydroxylation is 2. The summed E-state index contributed by atoms with van der Waals surface area (Å²) in [6.07, 6.45) is 0. The minimum absolute atomic E-state index is 0. The molecule has 0 unspecified atom stereocenters.